The van der Waals surface area contributed by atoms with E-state index in [4.69, 9.17) is 16.0 Å². The van der Waals surface area contributed by atoms with Gasteiger partial charge in [-0.05, 0) is 12.1 Å². The lowest BCUT2D eigenvalue weighted by molar-refractivity contribution is -0.504. The topological polar surface area (TPSA) is 76.0 Å². The van der Waals surface area contributed by atoms with Crippen molar-refractivity contribution < 1.29 is 8.96 Å². The molecule has 7 rings (SSSR count). The molecule has 0 spiro atoms. The van der Waals surface area contributed by atoms with Gasteiger partial charge >= 0.3 is 16.0 Å². The molecule has 0 N–H and O–H groups in total. The smallest absolute Gasteiger partial charge is 0.289 e. The molecule has 0 amide bonds. The molecule has 6 nitrogen and oxygen atoms in total. The molecule has 0 bridgehead atoms. The summed E-state index contributed by atoms with van der Waals surface area (Å²) in [7, 11) is 13.1. The summed E-state index contributed by atoms with van der Waals surface area (Å²) < 4.78 is 2.54. The Labute approximate surface area is 203 Å². The van der Waals surface area contributed by atoms with Crippen LogP contribution in [0.5, 0.6) is 0 Å². The van der Waals surface area contributed by atoms with E-state index in [1.54, 1.807) is 72.8 Å². The molecule has 0 atom stereocenters. The van der Waals surface area contributed by atoms with E-state index >= 15 is 0 Å². The molecule has 0 fully saturated rings. The number of hydrogen-bond acceptors (Lipinski definition) is 4. The van der Waals surface area contributed by atoms with Gasteiger partial charge in [0.2, 0.25) is 10.9 Å². The van der Waals surface area contributed by atoms with Crippen molar-refractivity contribution in [2.24, 2.45) is 0 Å². The molecule has 36 heavy (non-hydrogen) atoms. The first kappa shape index (κ1) is 20.6. The van der Waals surface area contributed by atoms with Crippen LogP contribution in [0.1, 0.15) is 0 Å². The van der Waals surface area contributed by atoms with E-state index < -0.39 is 0 Å². The summed E-state index contributed by atoms with van der Waals surface area (Å²) >= 11 is 0. The highest BCUT2D eigenvalue weighted by molar-refractivity contribution is 6.16. The number of hydrogen-bond donors (Lipinski definition) is 0. The fourth-order valence-corrected chi connectivity index (χ4v) is 5.43. The van der Waals surface area contributed by atoms with Crippen LogP contribution in [0.25, 0.3) is 65.2 Å². The van der Waals surface area contributed by atoms with Crippen molar-refractivity contribution in [1.29, 1.82) is 0 Å². The average molecular weight is 462 g/mol. The maximum Gasteiger partial charge on any atom is 0.587 e. The standard InChI is InChI=1S/C28H12B2N2O4/c29-31-20-12-10-18-22(28(36)16-8-4-2-6-14(16)26(18)34)24(20)32(30)19-11-9-17-21(23(19)31)27(35)15-7-3-1-5-13(15)25(17)33/h1-12H/q+2. The molecule has 0 aliphatic heterocycles. The first-order valence-electron chi connectivity index (χ1n) is 11.2. The third-order valence-corrected chi connectivity index (χ3v) is 7.09. The van der Waals surface area contributed by atoms with Gasteiger partial charge in [0, 0.05) is 44.5 Å². The minimum Gasteiger partial charge on any atom is -0.289 e. The summed E-state index contributed by atoms with van der Waals surface area (Å²) in [4.78, 5) is 53.6. The second-order valence-electron chi connectivity index (χ2n) is 8.86. The number of fused-ring (bicyclic) bond motifs is 8. The van der Waals surface area contributed by atoms with Crippen LogP contribution in [0.2, 0.25) is 0 Å². The van der Waals surface area contributed by atoms with Crippen LogP contribution in [0.15, 0.2) is 92.0 Å². The Morgan fingerprint density at radius 3 is 1.11 bits per heavy atom. The van der Waals surface area contributed by atoms with Gasteiger partial charge in [-0.2, -0.15) is 0 Å². The van der Waals surface area contributed by atoms with E-state index in [0.29, 0.717) is 21.8 Å². The SMILES string of the molecule is [B][n+]1c2ccc3c(=O)c4ccccc4c(=O)c3c2[n+]([B])c2ccc3c(=O)c4ccccc4c(=O)c3c21. The quantitative estimate of drug-likeness (QED) is 0.194. The fraction of sp³-hybridized carbons (Fsp3) is 0. The van der Waals surface area contributed by atoms with E-state index in [-0.39, 0.29) is 65.1 Å². The second kappa shape index (κ2) is 6.92. The Morgan fingerprint density at radius 2 is 0.750 bits per heavy atom. The second-order valence-corrected chi connectivity index (χ2v) is 8.86. The third kappa shape index (κ3) is 2.38. The van der Waals surface area contributed by atoms with Crippen molar-refractivity contribution in [2.45, 2.75) is 0 Å². The average Bonchev–Trinajstić information content (AvgIpc) is 2.92. The third-order valence-electron chi connectivity index (χ3n) is 7.09. The Bertz CT molecular complexity index is 2210. The van der Waals surface area contributed by atoms with E-state index in [1.807, 2.05) is 0 Å². The summed E-state index contributed by atoms with van der Waals surface area (Å²) in [6.45, 7) is 0. The van der Waals surface area contributed by atoms with E-state index in [1.165, 1.54) is 8.96 Å². The van der Waals surface area contributed by atoms with Gasteiger partial charge in [-0.1, -0.05) is 48.5 Å². The summed E-state index contributed by atoms with van der Waals surface area (Å²) in [6, 6.07) is 19.5. The van der Waals surface area contributed by atoms with Crippen LogP contribution in [-0.2, 0) is 0 Å². The van der Waals surface area contributed by atoms with Gasteiger partial charge in [0.1, 0.15) is 10.8 Å². The zero-order chi connectivity index (χ0) is 24.9. The highest BCUT2D eigenvalue weighted by atomic mass is 16.1. The van der Waals surface area contributed by atoms with Crippen molar-refractivity contribution in [1.82, 2.24) is 0 Å². The normalized spacial score (nSPS) is 12.0. The lowest BCUT2D eigenvalue weighted by atomic mass is 9.97. The largest absolute Gasteiger partial charge is 0.587 e. The summed E-state index contributed by atoms with van der Waals surface area (Å²) in [5, 5.41) is 1.97. The maximum atomic E-state index is 13.6. The fourth-order valence-electron chi connectivity index (χ4n) is 5.43. The van der Waals surface area contributed by atoms with Crippen LogP contribution in [0, 0.1) is 0 Å². The van der Waals surface area contributed by atoms with Gasteiger partial charge in [-0.3, -0.25) is 28.1 Å². The molecule has 4 radical (unpaired) electrons. The highest BCUT2D eigenvalue weighted by Crippen LogP contribution is 2.24. The van der Waals surface area contributed by atoms with Crippen molar-refractivity contribution in [2.75, 3.05) is 0 Å². The number of aromatic nitrogens is 2. The molecule has 0 unspecified atom stereocenters. The molecule has 0 aliphatic rings. The van der Waals surface area contributed by atoms with Crippen molar-refractivity contribution >= 4 is 81.1 Å². The van der Waals surface area contributed by atoms with Crippen molar-refractivity contribution in [3.05, 3.63) is 114 Å². The zero-order valence-corrected chi connectivity index (χ0v) is 18.6. The van der Waals surface area contributed by atoms with Crippen LogP contribution in [-0.4, -0.2) is 16.0 Å². The molecule has 8 heteroatoms. The molecule has 6 aromatic carbocycles. The van der Waals surface area contributed by atoms with Crippen LogP contribution in [0.3, 0.4) is 0 Å². The summed E-state index contributed by atoms with van der Waals surface area (Å²) in [6.07, 6.45) is 0. The maximum absolute atomic E-state index is 13.6. The Morgan fingerprint density at radius 1 is 0.417 bits per heavy atom. The monoisotopic (exact) mass is 462 g/mol. The zero-order valence-electron chi connectivity index (χ0n) is 18.6. The van der Waals surface area contributed by atoms with Gasteiger partial charge in [0.25, 0.3) is 22.1 Å². The minimum absolute atomic E-state index is 0.144. The van der Waals surface area contributed by atoms with E-state index in [2.05, 4.69) is 0 Å². The first-order chi connectivity index (χ1) is 17.4. The molecule has 162 valence electrons. The predicted octanol–water partition coefficient (Wildman–Crippen LogP) is 1.36. The molecular formula is C28H12B2N2O4+2. The number of nitrogens with zero attached hydrogens (tertiary/aromatic N) is 2. The molecule has 1 heterocycles. The summed E-state index contributed by atoms with van der Waals surface area (Å²) in [5.74, 6) is 0. The van der Waals surface area contributed by atoms with Gasteiger partial charge in [0.05, 0.1) is 0 Å². The molecule has 7 aromatic rings. The molecule has 0 saturated heterocycles. The van der Waals surface area contributed by atoms with Crippen LogP contribution in [0.4, 0.5) is 0 Å². The van der Waals surface area contributed by atoms with Crippen LogP contribution >= 0.6 is 0 Å². The van der Waals surface area contributed by atoms with E-state index in [9.17, 15) is 19.2 Å². The molecule has 0 saturated carbocycles. The number of benzene rings is 6. The lowest BCUT2D eigenvalue weighted by Gasteiger charge is -2.08. The Balaban J connectivity index is 1.80. The predicted molar refractivity (Wildman–Crippen MR) is 142 cm³/mol. The Kier molecular flexibility index (Phi) is 3.97. The van der Waals surface area contributed by atoms with Gasteiger partial charge < -0.3 is 0 Å². The first-order valence-corrected chi connectivity index (χ1v) is 11.2. The van der Waals surface area contributed by atoms with Gasteiger partial charge in [-0.15, -0.1) is 0 Å². The summed E-state index contributed by atoms with van der Waals surface area (Å²) in [5.41, 5.74) is -0.0867. The number of rotatable bonds is 0. The van der Waals surface area contributed by atoms with Gasteiger partial charge in [0.15, 0.2) is 10.9 Å². The van der Waals surface area contributed by atoms with E-state index in [0.717, 1.165) is 0 Å². The lowest BCUT2D eigenvalue weighted by Crippen LogP contribution is -2.45. The highest BCUT2D eigenvalue weighted by Gasteiger charge is 2.30. The van der Waals surface area contributed by atoms with Crippen molar-refractivity contribution in [3.63, 3.8) is 0 Å². The molecule has 1 aromatic heterocycles. The Hall–Kier alpha value is -4.71. The van der Waals surface area contributed by atoms with Gasteiger partial charge in [-0.25, -0.2) is 0 Å². The van der Waals surface area contributed by atoms with Crippen LogP contribution < -0.4 is 30.7 Å². The van der Waals surface area contributed by atoms with Crippen molar-refractivity contribution in [3.8, 4) is 0 Å². The molecular weight excluding hydrogens is 450 g/mol. The minimum atomic E-state index is -0.345. The molecule has 0 aliphatic carbocycles.